The van der Waals surface area contributed by atoms with E-state index in [0.717, 1.165) is 0 Å². The molecule has 1 unspecified atom stereocenters. The highest BCUT2D eigenvalue weighted by Crippen LogP contribution is 2.23. The lowest BCUT2D eigenvalue weighted by Crippen LogP contribution is -2.22. The van der Waals surface area contributed by atoms with Crippen molar-refractivity contribution >= 4 is 45.7 Å². The summed E-state index contributed by atoms with van der Waals surface area (Å²) < 4.78 is 14.6. The number of anilines is 2. The van der Waals surface area contributed by atoms with Gasteiger partial charge in [-0.1, -0.05) is 11.8 Å². The first-order chi connectivity index (χ1) is 13.4. The van der Waals surface area contributed by atoms with E-state index in [0.29, 0.717) is 21.8 Å². The van der Waals surface area contributed by atoms with E-state index in [1.165, 1.54) is 47.4 Å². The third-order valence-electron chi connectivity index (χ3n) is 3.69. The topological polar surface area (TPSA) is 102 Å². The number of benzene rings is 1. The largest absolute Gasteiger partial charge is 0.326 e. The average molecular weight is 420 g/mol. The Morgan fingerprint density at radius 3 is 2.68 bits per heavy atom. The van der Waals surface area contributed by atoms with Crippen LogP contribution in [0.25, 0.3) is 0 Å². The van der Waals surface area contributed by atoms with Gasteiger partial charge in [-0.2, -0.15) is 0 Å². The molecule has 3 aromatic rings. The number of thioether (sulfide) groups is 1. The maximum absolute atomic E-state index is 12.9. The number of thiazole rings is 1. The molecule has 0 fully saturated rings. The first-order valence-electron chi connectivity index (χ1n) is 8.23. The van der Waals surface area contributed by atoms with Crippen molar-refractivity contribution in [3.63, 3.8) is 0 Å². The summed E-state index contributed by atoms with van der Waals surface area (Å²) in [5, 5.41) is 15.9. The number of hydrogen-bond acceptors (Lipinski definition) is 7. The number of nitrogens with one attached hydrogen (secondary N) is 2. The molecule has 0 aliphatic carbocycles. The van der Waals surface area contributed by atoms with E-state index in [-0.39, 0.29) is 24.1 Å². The number of aromatic nitrogens is 4. The Kier molecular flexibility index (Phi) is 6.37. The lowest BCUT2D eigenvalue weighted by Gasteiger charge is -2.10. The molecule has 8 nitrogen and oxygen atoms in total. The SMILES string of the molecule is CC(Sc1nnc(CC(=O)Nc2ccc(F)cc2)n1C)C(=O)Nc1nccs1. The molecular formula is C17H17FN6O2S2. The summed E-state index contributed by atoms with van der Waals surface area (Å²) >= 11 is 2.57. The summed E-state index contributed by atoms with van der Waals surface area (Å²) in [6, 6.07) is 5.50. The predicted octanol–water partition coefficient (Wildman–Crippen LogP) is 2.71. The zero-order valence-corrected chi connectivity index (χ0v) is 16.7. The van der Waals surface area contributed by atoms with Crippen LogP contribution in [0.2, 0.25) is 0 Å². The standard InChI is InChI=1S/C17H17FN6O2S2/c1-10(15(26)21-16-19-7-8-27-16)28-17-23-22-13(24(17)2)9-14(25)20-12-5-3-11(18)4-6-12/h3-8,10H,9H2,1-2H3,(H,20,25)(H,19,21,26). The molecule has 3 rings (SSSR count). The molecule has 0 aliphatic rings. The van der Waals surface area contributed by atoms with Crippen molar-refractivity contribution in [1.82, 2.24) is 19.7 Å². The molecule has 2 N–H and O–H groups in total. The van der Waals surface area contributed by atoms with Crippen molar-refractivity contribution in [3.05, 3.63) is 47.5 Å². The van der Waals surface area contributed by atoms with Gasteiger partial charge in [-0.15, -0.1) is 21.5 Å². The van der Waals surface area contributed by atoms with Gasteiger partial charge < -0.3 is 15.2 Å². The van der Waals surface area contributed by atoms with Crippen LogP contribution < -0.4 is 10.6 Å². The maximum Gasteiger partial charge on any atom is 0.239 e. The maximum atomic E-state index is 12.9. The minimum atomic E-state index is -0.423. The summed E-state index contributed by atoms with van der Waals surface area (Å²) in [4.78, 5) is 28.4. The Balaban J connectivity index is 1.57. The third-order valence-corrected chi connectivity index (χ3v) is 5.51. The molecule has 2 heterocycles. The number of carbonyl (C=O) groups is 2. The normalized spacial score (nSPS) is 11.8. The molecule has 0 spiro atoms. The van der Waals surface area contributed by atoms with Crippen molar-refractivity contribution in [2.24, 2.45) is 7.05 Å². The highest BCUT2D eigenvalue weighted by Gasteiger charge is 2.20. The second kappa shape index (κ2) is 8.93. The van der Waals surface area contributed by atoms with E-state index in [9.17, 15) is 14.0 Å². The molecule has 0 saturated carbocycles. The fourth-order valence-corrected chi connectivity index (χ4v) is 3.55. The van der Waals surface area contributed by atoms with Crippen LogP contribution in [0.15, 0.2) is 41.0 Å². The lowest BCUT2D eigenvalue weighted by atomic mass is 10.3. The summed E-state index contributed by atoms with van der Waals surface area (Å²) in [7, 11) is 1.73. The van der Waals surface area contributed by atoms with E-state index >= 15 is 0 Å². The second-order valence-electron chi connectivity index (χ2n) is 5.78. The van der Waals surface area contributed by atoms with Crippen molar-refractivity contribution in [3.8, 4) is 0 Å². The highest BCUT2D eigenvalue weighted by molar-refractivity contribution is 8.00. The van der Waals surface area contributed by atoms with Gasteiger partial charge in [-0.25, -0.2) is 9.37 Å². The molecule has 1 aromatic carbocycles. The summed E-state index contributed by atoms with van der Waals surface area (Å²) in [5.74, 6) is -0.414. The van der Waals surface area contributed by atoms with E-state index in [2.05, 4.69) is 25.8 Å². The van der Waals surface area contributed by atoms with Crippen LogP contribution in [0.4, 0.5) is 15.2 Å². The first-order valence-corrected chi connectivity index (χ1v) is 9.99. The van der Waals surface area contributed by atoms with Crippen molar-refractivity contribution in [1.29, 1.82) is 0 Å². The van der Waals surface area contributed by atoms with Crippen LogP contribution in [-0.2, 0) is 23.1 Å². The van der Waals surface area contributed by atoms with Gasteiger partial charge in [0.15, 0.2) is 10.3 Å². The number of nitrogens with zero attached hydrogens (tertiary/aromatic N) is 4. The molecule has 11 heteroatoms. The van der Waals surface area contributed by atoms with E-state index in [4.69, 9.17) is 0 Å². The van der Waals surface area contributed by atoms with Gasteiger partial charge in [-0.05, 0) is 31.2 Å². The molecule has 2 aromatic heterocycles. The van der Waals surface area contributed by atoms with Gasteiger partial charge in [0.2, 0.25) is 11.8 Å². The van der Waals surface area contributed by atoms with E-state index in [1.54, 1.807) is 30.1 Å². The Morgan fingerprint density at radius 1 is 1.25 bits per heavy atom. The van der Waals surface area contributed by atoms with Gasteiger partial charge in [0.25, 0.3) is 0 Å². The lowest BCUT2D eigenvalue weighted by molar-refractivity contribution is -0.116. The zero-order valence-electron chi connectivity index (χ0n) is 15.0. The Morgan fingerprint density at radius 2 is 2.00 bits per heavy atom. The van der Waals surface area contributed by atoms with Gasteiger partial charge in [0.1, 0.15) is 11.6 Å². The molecule has 0 saturated heterocycles. The number of rotatable bonds is 7. The molecule has 146 valence electrons. The van der Waals surface area contributed by atoms with Crippen LogP contribution in [0.1, 0.15) is 12.7 Å². The number of carbonyl (C=O) groups excluding carboxylic acids is 2. The van der Waals surface area contributed by atoms with Gasteiger partial charge in [-0.3, -0.25) is 9.59 Å². The molecule has 28 heavy (non-hydrogen) atoms. The van der Waals surface area contributed by atoms with Crippen molar-refractivity contribution < 1.29 is 14.0 Å². The third kappa shape index (κ3) is 5.14. The minimum Gasteiger partial charge on any atom is -0.326 e. The number of hydrogen-bond donors (Lipinski definition) is 2. The van der Waals surface area contributed by atoms with Crippen LogP contribution in [0, 0.1) is 5.82 Å². The number of halogens is 1. The second-order valence-corrected chi connectivity index (χ2v) is 7.98. The fourth-order valence-electron chi connectivity index (χ4n) is 2.19. The molecule has 0 radical (unpaired) electrons. The minimum absolute atomic E-state index is 0.00112. The highest BCUT2D eigenvalue weighted by atomic mass is 32.2. The quantitative estimate of drug-likeness (QED) is 0.570. The zero-order chi connectivity index (χ0) is 20.1. The molecule has 2 amide bonds. The van der Waals surface area contributed by atoms with Crippen molar-refractivity contribution in [2.75, 3.05) is 10.6 Å². The summed E-state index contributed by atoms with van der Waals surface area (Å²) in [5.41, 5.74) is 0.496. The van der Waals surface area contributed by atoms with E-state index < -0.39 is 5.25 Å². The van der Waals surface area contributed by atoms with Gasteiger partial charge >= 0.3 is 0 Å². The summed E-state index contributed by atoms with van der Waals surface area (Å²) in [6.45, 7) is 1.75. The summed E-state index contributed by atoms with van der Waals surface area (Å²) in [6.07, 6.45) is 1.62. The van der Waals surface area contributed by atoms with Crippen LogP contribution in [0.5, 0.6) is 0 Å². The molecule has 1 atom stereocenters. The van der Waals surface area contributed by atoms with Crippen LogP contribution >= 0.6 is 23.1 Å². The van der Waals surface area contributed by atoms with Gasteiger partial charge in [0.05, 0.1) is 11.7 Å². The smallest absolute Gasteiger partial charge is 0.239 e. The number of amides is 2. The average Bonchev–Trinajstić information content (AvgIpc) is 3.29. The Bertz CT molecular complexity index is 959. The van der Waals surface area contributed by atoms with Crippen LogP contribution in [0.3, 0.4) is 0 Å². The van der Waals surface area contributed by atoms with Crippen LogP contribution in [-0.4, -0.2) is 36.8 Å². The van der Waals surface area contributed by atoms with Gasteiger partial charge in [0, 0.05) is 24.3 Å². The first kappa shape index (κ1) is 20.0. The molecule has 0 bridgehead atoms. The Hall–Kier alpha value is -2.79. The molecule has 0 aliphatic heterocycles. The predicted molar refractivity (Wildman–Crippen MR) is 106 cm³/mol. The Labute approximate surface area is 168 Å². The molecular weight excluding hydrogens is 403 g/mol. The fraction of sp³-hybridized carbons (Fsp3) is 0.235. The monoisotopic (exact) mass is 420 g/mol. The van der Waals surface area contributed by atoms with Crippen molar-refractivity contribution in [2.45, 2.75) is 23.8 Å². The van der Waals surface area contributed by atoms with E-state index in [1.807, 2.05) is 0 Å².